The fraction of sp³-hybridized carbons (Fsp3) is 0.200. The summed E-state index contributed by atoms with van der Waals surface area (Å²) in [5, 5.41) is 9.28. The summed E-state index contributed by atoms with van der Waals surface area (Å²) in [5.41, 5.74) is 0.388. The molecule has 0 saturated heterocycles. The maximum absolute atomic E-state index is 11.0. The summed E-state index contributed by atoms with van der Waals surface area (Å²) in [4.78, 5) is 21.6. The number of rotatable bonds is 2. The van der Waals surface area contributed by atoms with Gasteiger partial charge in [-0.1, -0.05) is 0 Å². The first-order valence-electron chi connectivity index (χ1n) is 4.03. The van der Waals surface area contributed by atoms with Crippen LogP contribution in [0.15, 0.2) is 18.2 Å². The van der Waals surface area contributed by atoms with Crippen LogP contribution in [-0.2, 0) is 4.79 Å². The highest BCUT2D eigenvalue weighted by molar-refractivity contribution is 5.94. The summed E-state index contributed by atoms with van der Waals surface area (Å²) < 4.78 is 4.69. The van der Waals surface area contributed by atoms with Gasteiger partial charge in [-0.3, -0.25) is 9.59 Å². The van der Waals surface area contributed by atoms with Crippen LogP contribution in [-0.4, -0.2) is 16.9 Å². The van der Waals surface area contributed by atoms with E-state index in [1.54, 1.807) is 0 Å². The second-order valence-corrected chi connectivity index (χ2v) is 2.83. The fourth-order valence-electron chi connectivity index (χ4n) is 0.970. The van der Waals surface area contributed by atoms with Crippen LogP contribution in [0.25, 0.3) is 0 Å². The van der Waals surface area contributed by atoms with E-state index in [-0.39, 0.29) is 17.3 Å². The summed E-state index contributed by atoms with van der Waals surface area (Å²) in [6, 6.07) is 4.11. The third-order valence-corrected chi connectivity index (χ3v) is 1.62. The lowest BCUT2D eigenvalue weighted by molar-refractivity contribution is -0.132. The Morgan fingerprint density at radius 2 is 1.93 bits per heavy atom. The first-order valence-corrected chi connectivity index (χ1v) is 4.03. The molecule has 0 aliphatic carbocycles. The van der Waals surface area contributed by atoms with Crippen molar-refractivity contribution >= 4 is 11.8 Å². The van der Waals surface area contributed by atoms with E-state index in [1.807, 2.05) is 0 Å². The highest BCUT2D eigenvalue weighted by atomic mass is 16.5. The Morgan fingerprint density at radius 3 is 2.43 bits per heavy atom. The van der Waals surface area contributed by atoms with Gasteiger partial charge in [0.1, 0.15) is 0 Å². The van der Waals surface area contributed by atoms with Gasteiger partial charge in [-0.05, 0) is 25.1 Å². The van der Waals surface area contributed by atoms with Crippen molar-refractivity contribution < 1.29 is 19.4 Å². The molecular weight excluding hydrogens is 184 g/mol. The highest BCUT2D eigenvalue weighted by Crippen LogP contribution is 2.26. The number of Topliss-reactive ketones (excluding diaryl/α,β-unsaturated/α-hetero) is 1. The molecule has 0 spiro atoms. The predicted octanol–water partition coefficient (Wildman–Crippen LogP) is 1.52. The molecule has 0 bridgehead atoms. The number of carbonyl (C=O) groups is 2. The van der Waals surface area contributed by atoms with Gasteiger partial charge in [0.2, 0.25) is 0 Å². The van der Waals surface area contributed by atoms with E-state index in [9.17, 15) is 14.7 Å². The van der Waals surface area contributed by atoms with Gasteiger partial charge in [0, 0.05) is 12.5 Å². The molecular formula is C10H10O4. The number of esters is 1. The molecule has 1 aromatic rings. The smallest absolute Gasteiger partial charge is 0.308 e. The molecule has 0 aliphatic rings. The van der Waals surface area contributed by atoms with E-state index in [2.05, 4.69) is 0 Å². The number of hydrogen-bond donors (Lipinski definition) is 1. The van der Waals surface area contributed by atoms with Crippen molar-refractivity contribution in [2.45, 2.75) is 13.8 Å². The average Bonchev–Trinajstić information content (AvgIpc) is 2.07. The lowest BCUT2D eigenvalue weighted by Crippen LogP contribution is -2.02. The van der Waals surface area contributed by atoms with Crippen molar-refractivity contribution in [1.82, 2.24) is 0 Å². The summed E-state index contributed by atoms with van der Waals surface area (Å²) in [6.45, 7) is 2.61. The lowest BCUT2D eigenvalue weighted by Gasteiger charge is -2.04. The summed E-state index contributed by atoms with van der Waals surface area (Å²) >= 11 is 0. The van der Waals surface area contributed by atoms with E-state index in [0.717, 1.165) is 0 Å². The van der Waals surface area contributed by atoms with Crippen LogP contribution in [0.5, 0.6) is 11.5 Å². The van der Waals surface area contributed by atoms with Crippen LogP contribution in [0.3, 0.4) is 0 Å². The molecule has 0 atom stereocenters. The number of benzene rings is 1. The molecule has 0 unspecified atom stereocenters. The number of aromatic hydroxyl groups is 1. The number of carbonyl (C=O) groups excluding carboxylic acids is 2. The van der Waals surface area contributed by atoms with Crippen molar-refractivity contribution in [3.63, 3.8) is 0 Å². The van der Waals surface area contributed by atoms with Gasteiger partial charge in [0.15, 0.2) is 17.3 Å². The minimum Gasteiger partial charge on any atom is -0.504 e. The van der Waals surface area contributed by atoms with Gasteiger partial charge in [0.05, 0.1) is 0 Å². The Hall–Kier alpha value is -1.84. The van der Waals surface area contributed by atoms with Crippen LogP contribution in [0.4, 0.5) is 0 Å². The van der Waals surface area contributed by atoms with Crippen molar-refractivity contribution in [2.75, 3.05) is 0 Å². The number of ketones is 1. The predicted molar refractivity (Wildman–Crippen MR) is 49.4 cm³/mol. The van der Waals surface area contributed by atoms with Crippen molar-refractivity contribution in [3.8, 4) is 11.5 Å². The third-order valence-electron chi connectivity index (χ3n) is 1.62. The molecule has 1 rings (SSSR count). The van der Waals surface area contributed by atoms with Crippen molar-refractivity contribution in [2.24, 2.45) is 0 Å². The second-order valence-electron chi connectivity index (χ2n) is 2.83. The van der Waals surface area contributed by atoms with E-state index in [1.165, 1.54) is 32.0 Å². The maximum atomic E-state index is 11.0. The van der Waals surface area contributed by atoms with Gasteiger partial charge >= 0.3 is 5.97 Å². The molecule has 1 N–H and O–H groups in total. The Bertz CT molecular complexity index is 382. The van der Waals surface area contributed by atoms with Crippen molar-refractivity contribution in [1.29, 1.82) is 0 Å². The molecule has 0 aliphatic heterocycles. The van der Waals surface area contributed by atoms with Gasteiger partial charge in [-0.25, -0.2) is 0 Å². The molecule has 0 heterocycles. The quantitative estimate of drug-likeness (QED) is 0.440. The van der Waals surface area contributed by atoms with Crippen molar-refractivity contribution in [3.05, 3.63) is 23.8 Å². The minimum atomic E-state index is -0.541. The minimum absolute atomic E-state index is 0.00481. The summed E-state index contributed by atoms with van der Waals surface area (Å²) in [7, 11) is 0. The SMILES string of the molecule is CC(=O)Oc1cc(C(C)=O)ccc1O. The molecule has 14 heavy (non-hydrogen) atoms. The van der Waals surface area contributed by atoms with Gasteiger partial charge in [-0.2, -0.15) is 0 Å². The van der Waals surface area contributed by atoms with Gasteiger partial charge < -0.3 is 9.84 Å². The largest absolute Gasteiger partial charge is 0.504 e. The zero-order chi connectivity index (χ0) is 10.7. The lowest BCUT2D eigenvalue weighted by atomic mass is 10.1. The third kappa shape index (κ3) is 2.32. The standard InChI is InChI=1S/C10H10O4/c1-6(11)8-3-4-9(13)10(5-8)14-7(2)12/h3-5,13H,1-2H3. The Labute approximate surface area is 81.1 Å². The molecule has 4 nitrogen and oxygen atoms in total. The first-order chi connectivity index (χ1) is 6.50. The van der Waals surface area contributed by atoms with Crippen LogP contribution in [0, 0.1) is 0 Å². The molecule has 0 fully saturated rings. The molecule has 0 radical (unpaired) electrons. The van der Waals surface area contributed by atoms with Crippen LogP contribution in [0.1, 0.15) is 24.2 Å². The first kappa shape index (κ1) is 10.2. The Morgan fingerprint density at radius 1 is 1.29 bits per heavy atom. The van der Waals surface area contributed by atoms with E-state index < -0.39 is 5.97 Å². The zero-order valence-electron chi connectivity index (χ0n) is 7.90. The fourth-order valence-corrected chi connectivity index (χ4v) is 0.970. The topological polar surface area (TPSA) is 63.6 Å². The number of phenols is 1. The Kier molecular flexibility index (Phi) is 2.86. The summed E-state index contributed by atoms with van der Waals surface area (Å²) in [5.74, 6) is -0.852. The molecule has 0 aromatic heterocycles. The Balaban J connectivity index is 3.08. The van der Waals surface area contributed by atoms with Gasteiger partial charge in [-0.15, -0.1) is 0 Å². The molecule has 0 amide bonds. The maximum Gasteiger partial charge on any atom is 0.308 e. The molecule has 4 heteroatoms. The van der Waals surface area contributed by atoms with E-state index >= 15 is 0 Å². The van der Waals surface area contributed by atoms with E-state index in [4.69, 9.17) is 4.74 Å². The van der Waals surface area contributed by atoms with E-state index in [0.29, 0.717) is 5.56 Å². The molecule has 1 aromatic carbocycles. The normalized spacial score (nSPS) is 9.57. The second kappa shape index (κ2) is 3.91. The monoisotopic (exact) mass is 194 g/mol. The number of hydrogen-bond acceptors (Lipinski definition) is 4. The van der Waals surface area contributed by atoms with Crippen LogP contribution in [0.2, 0.25) is 0 Å². The summed E-state index contributed by atoms with van der Waals surface area (Å²) in [6.07, 6.45) is 0. The highest BCUT2D eigenvalue weighted by Gasteiger charge is 2.08. The zero-order valence-corrected chi connectivity index (χ0v) is 7.90. The number of phenolic OH excluding ortho intramolecular Hbond substituents is 1. The van der Waals surface area contributed by atoms with Crippen LogP contribution < -0.4 is 4.74 Å². The van der Waals surface area contributed by atoms with Crippen LogP contribution >= 0.6 is 0 Å². The number of ether oxygens (including phenoxy) is 1. The molecule has 0 saturated carbocycles. The average molecular weight is 194 g/mol. The molecule has 74 valence electrons. The van der Waals surface area contributed by atoms with Gasteiger partial charge in [0.25, 0.3) is 0 Å².